The van der Waals surface area contributed by atoms with Gasteiger partial charge in [0.2, 0.25) is 0 Å². The van der Waals surface area contributed by atoms with Crippen LogP contribution >= 0.6 is 23.8 Å². The van der Waals surface area contributed by atoms with E-state index in [2.05, 4.69) is 10.2 Å². The van der Waals surface area contributed by atoms with Crippen LogP contribution in [0.5, 0.6) is 0 Å². The number of hydrogen-bond donors (Lipinski definition) is 1. The average Bonchev–Trinajstić information content (AvgIpc) is 2.50. The van der Waals surface area contributed by atoms with E-state index in [1.807, 2.05) is 0 Å². The van der Waals surface area contributed by atoms with Crippen molar-refractivity contribution < 1.29 is 8.78 Å². The van der Waals surface area contributed by atoms with Gasteiger partial charge in [0.1, 0.15) is 17.8 Å². The maximum absolute atomic E-state index is 13.4. The van der Waals surface area contributed by atoms with Crippen LogP contribution in [0.1, 0.15) is 0 Å². The van der Waals surface area contributed by atoms with Crippen molar-refractivity contribution in [3.63, 3.8) is 0 Å². The molecule has 0 aliphatic rings. The largest absolute Gasteiger partial charge is 0.270 e. The van der Waals surface area contributed by atoms with Crippen LogP contribution in [0, 0.1) is 16.4 Å². The van der Waals surface area contributed by atoms with Crippen LogP contribution in [0.4, 0.5) is 8.78 Å². The molecule has 0 saturated carbocycles. The summed E-state index contributed by atoms with van der Waals surface area (Å²) in [5, 5.41) is 6.00. The summed E-state index contributed by atoms with van der Waals surface area (Å²) >= 11 is 10.6. The van der Waals surface area contributed by atoms with E-state index in [-0.39, 0.29) is 15.5 Å². The molecule has 1 aromatic heterocycles. The normalized spacial score (nSPS) is 10.6. The molecular weight excluding hydrogens is 244 g/mol. The quantitative estimate of drug-likeness (QED) is 0.786. The second-order valence-corrected chi connectivity index (χ2v) is 3.54. The molecule has 0 aliphatic carbocycles. The fourth-order valence-electron chi connectivity index (χ4n) is 1.17. The van der Waals surface area contributed by atoms with Crippen molar-refractivity contribution in [1.82, 2.24) is 14.8 Å². The number of aromatic nitrogens is 3. The molecule has 1 heterocycles. The van der Waals surface area contributed by atoms with Gasteiger partial charge in [-0.2, -0.15) is 5.10 Å². The van der Waals surface area contributed by atoms with Gasteiger partial charge in [-0.25, -0.2) is 8.78 Å². The highest BCUT2D eigenvalue weighted by molar-refractivity contribution is 7.71. The SMILES string of the molecule is Fc1cc(F)c(-n2cn[nH]c2=S)c(Cl)c1. The third-order valence-corrected chi connectivity index (χ3v) is 2.35. The van der Waals surface area contributed by atoms with Gasteiger partial charge in [0.15, 0.2) is 10.6 Å². The molecule has 1 aromatic carbocycles. The van der Waals surface area contributed by atoms with Crippen molar-refractivity contribution in [2.24, 2.45) is 0 Å². The molecule has 0 bridgehead atoms. The molecule has 0 unspecified atom stereocenters. The van der Waals surface area contributed by atoms with Gasteiger partial charge in [0.05, 0.1) is 5.02 Å². The minimum atomic E-state index is -0.794. The third kappa shape index (κ3) is 1.78. The highest BCUT2D eigenvalue weighted by Gasteiger charge is 2.12. The number of H-pyrrole nitrogens is 1. The Morgan fingerprint density at radius 2 is 2.13 bits per heavy atom. The van der Waals surface area contributed by atoms with Crippen LogP contribution in [0.25, 0.3) is 5.69 Å². The van der Waals surface area contributed by atoms with Gasteiger partial charge in [0.25, 0.3) is 0 Å². The molecule has 0 atom stereocenters. The van der Waals surface area contributed by atoms with Gasteiger partial charge in [-0.3, -0.25) is 9.67 Å². The Balaban J connectivity index is 2.74. The number of rotatable bonds is 1. The molecule has 2 aromatic rings. The second kappa shape index (κ2) is 3.71. The molecule has 0 fully saturated rings. The van der Waals surface area contributed by atoms with Crippen LogP contribution in [-0.2, 0) is 0 Å². The van der Waals surface area contributed by atoms with E-state index < -0.39 is 11.6 Å². The molecule has 0 saturated heterocycles. The first-order valence-corrected chi connectivity index (χ1v) is 4.65. The summed E-state index contributed by atoms with van der Waals surface area (Å²) in [5.74, 6) is -1.53. The van der Waals surface area contributed by atoms with Gasteiger partial charge >= 0.3 is 0 Å². The average molecular weight is 248 g/mol. The van der Waals surface area contributed by atoms with Crippen molar-refractivity contribution in [2.45, 2.75) is 0 Å². The van der Waals surface area contributed by atoms with E-state index in [1.54, 1.807) is 0 Å². The molecule has 2 rings (SSSR count). The zero-order chi connectivity index (χ0) is 11.0. The Kier molecular flexibility index (Phi) is 2.54. The molecule has 1 N–H and O–H groups in total. The summed E-state index contributed by atoms with van der Waals surface area (Å²) in [5.41, 5.74) is -0.0168. The summed E-state index contributed by atoms with van der Waals surface area (Å²) < 4.78 is 27.6. The minimum Gasteiger partial charge on any atom is -0.270 e. The van der Waals surface area contributed by atoms with Crippen LogP contribution in [0.15, 0.2) is 18.5 Å². The number of nitrogens with zero attached hydrogens (tertiary/aromatic N) is 2. The highest BCUT2D eigenvalue weighted by Crippen LogP contribution is 2.24. The fourth-order valence-corrected chi connectivity index (χ4v) is 1.65. The van der Waals surface area contributed by atoms with Crippen molar-refractivity contribution in [3.05, 3.63) is 39.9 Å². The second-order valence-electron chi connectivity index (χ2n) is 2.75. The number of aromatic amines is 1. The maximum atomic E-state index is 13.4. The van der Waals surface area contributed by atoms with E-state index in [0.29, 0.717) is 0 Å². The van der Waals surface area contributed by atoms with Gasteiger partial charge in [-0.05, 0) is 18.3 Å². The van der Waals surface area contributed by atoms with Crippen LogP contribution in [-0.4, -0.2) is 14.8 Å². The van der Waals surface area contributed by atoms with Crippen LogP contribution < -0.4 is 0 Å². The molecule has 7 heteroatoms. The van der Waals surface area contributed by atoms with E-state index in [4.69, 9.17) is 23.8 Å². The Morgan fingerprint density at radius 1 is 1.40 bits per heavy atom. The number of benzene rings is 1. The van der Waals surface area contributed by atoms with Gasteiger partial charge in [-0.15, -0.1) is 0 Å². The molecule has 0 amide bonds. The molecule has 0 radical (unpaired) electrons. The summed E-state index contributed by atoms with van der Waals surface area (Å²) in [7, 11) is 0. The predicted molar refractivity (Wildman–Crippen MR) is 53.7 cm³/mol. The Hall–Kier alpha value is -1.27. The monoisotopic (exact) mass is 247 g/mol. The van der Waals surface area contributed by atoms with Crippen molar-refractivity contribution in [3.8, 4) is 5.69 Å². The Labute approximate surface area is 93.3 Å². The summed E-state index contributed by atoms with van der Waals surface area (Å²) in [4.78, 5) is 0. The molecule has 3 nitrogen and oxygen atoms in total. The molecule has 0 spiro atoms. The van der Waals surface area contributed by atoms with Crippen LogP contribution in [0.3, 0.4) is 0 Å². The lowest BCUT2D eigenvalue weighted by molar-refractivity contribution is 0.577. The first-order chi connectivity index (χ1) is 7.09. The topological polar surface area (TPSA) is 33.6 Å². The molecule has 0 aliphatic heterocycles. The number of hydrogen-bond acceptors (Lipinski definition) is 2. The lowest BCUT2D eigenvalue weighted by atomic mass is 10.3. The van der Waals surface area contributed by atoms with Gasteiger partial charge in [0, 0.05) is 6.07 Å². The van der Waals surface area contributed by atoms with E-state index in [0.717, 1.165) is 12.1 Å². The van der Waals surface area contributed by atoms with Gasteiger partial charge in [-0.1, -0.05) is 11.6 Å². The standard InChI is InChI=1S/C8H4ClF2N3S/c9-5-1-4(10)2-6(11)7(5)14-3-12-13-8(14)15/h1-3H,(H,13,15). The molecular formula is C8H4ClF2N3S. The maximum Gasteiger partial charge on any atom is 0.199 e. The Bertz CT molecular complexity index is 540. The third-order valence-electron chi connectivity index (χ3n) is 1.77. The van der Waals surface area contributed by atoms with Crippen LogP contribution in [0.2, 0.25) is 5.02 Å². The lowest BCUT2D eigenvalue weighted by Gasteiger charge is -2.05. The molecule has 15 heavy (non-hydrogen) atoms. The number of halogens is 3. The summed E-state index contributed by atoms with van der Waals surface area (Å²) in [6.07, 6.45) is 1.27. The first-order valence-electron chi connectivity index (χ1n) is 3.86. The first kappa shape index (κ1) is 10.3. The van der Waals surface area contributed by atoms with Crippen molar-refractivity contribution >= 4 is 23.8 Å². The predicted octanol–water partition coefficient (Wildman–Crippen LogP) is 2.86. The number of nitrogens with one attached hydrogen (secondary N) is 1. The van der Waals surface area contributed by atoms with E-state index in [1.165, 1.54) is 10.9 Å². The lowest BCUT2D eigenvalue weighted by Crippen LogP contribution is -1.98. The van der Waals surface area contributed by atoms with Crippen molar-refractivity contribution in [1.29, 1.82) is 0 Å². The smallest absolute Gasteiger partial charge is 0.199 e. The summed E-state index contributed by atoms with van der Waals surface area (Å²) in [6.45, 7) is 0. The molecule has 78 valence electrons. The van der Waals surface area contributed by atoms with Crippen molar-refractivity contribution in [2.75, 3.05) is 0 Å². The van der Waals surface area contributed by atoms with E-state index in [9.17, 15) is 8.78 Å². The zero-order valence-corrected chi connectivity index (χ0v) is 8.74. The zero-order valence-electron chi connectivity index (χ0n) is 7.17. The van der Waals surface area contributed by atoms with E-state index >= 15 is 0 Å². The highest BCUT2D eigenvalue weighted by atomic mass is 35.5. The minimum absolute atomic E-state index is 0.0168. The van der Waals surface area contributed by atoms with Gasteiger partial charge < -0.3 is 0 Å². The summed E-state index contributed by atoms with van der Waals surface area (Å²) in [6, 6.07) is 1.74. The Morgan fingerprint density at radius 3 is 2.67 bits per heavy atom. The fraction of sp³-hybridized carbons (Fsp3) is 0.